The monoisotopic (exact) mass is 236 g/mol. The van der Waals surface area contributed by atoms with Gasteiger partial charge in [0.05, 0.1) is 13.0 Å². The maximum atomic E-state index is 13.3. The predicted octanol–water partition coefficient (Wildman–Crippen LogP) is 3.09. The fourth-order valence-electron chi connectivity index (χ4n) is 1.36. The zero-order chi connectivity index (χ0) is 11.9. The van der Waals surface area contributed by atoms with E-state index in [0.717, 1.165) is 0 Å². The molecule has 0 aromatic carbocycles. The summed E-state index contributed by atoms with van der Waals surface area (Å²) in [5, 5.41) is 0. The van der Waals surface area contributed by atoms with Crippen molar-refractivity contribution >= 4 is 0 Å². The van der Waals surface area contributed by atoms with E-state index in [4.69, 9.17) is 0 Å². The molecule has 1 fully saturated rings. The van der Waals surface area contributed by atoms with E-state index in [-0.39, 0.29) is 13.0 Å². The molecule has 1 aliphatic rings. The lowest BCUT2D eigenvalue weighted by molar-refractivity contribution is -0.223. The minimum atomic E-state index is -5.02. The smallest absolute Gasteiger partial charge is 0.343 e. The topological polar surface area (TPSA) is 9.23 Å². The Labute approximate surface area is 82.4 Å². The van der Waals surface area contributed by atoms with E-state index in [1.165, 1.54) is 6.92 Å². The molecule has 15 heavy (non-hydrogen) atoms. The standard InChI is InChI=1S/C8H10F6O/c1-2-3-15-6(10)4-7(11,12)8(13,14)5(6)9/h5H,2-4H2,1H3. The van der Waals surface area contributed by atoms with Gasteiger partial charge in [-0.15, -0.1) is 0 Å². The van der Waals surface area contributed by atoms with Gasteiger partial charge < -0.3 is 4.74 Å². The van der Waals surface area contributed by atoms with Crippen molar-refractivity contribution in [1.29, 1.82) is 0 Å². The summed E-state index contributed by atoms with van der Waals surface area (Å²) in [4.78, 5) is 0. The average Bonchev–Trinajstić information content (AvgIpc) is 2.22. The van der Waals surface area contributed by atoms with Gasteiger partial charge in [-0.05, 0) is 6.42 Å². The van der Waals surface area contributed by atoms with Crippen molar-refractivity contribution in [2.24, 2.45) is 0 Å². The maximum absolute atomic E-state index is 13.3. The Hall–Kier alpha value is -0.460. The Morgan fingerprint density at radius 2 is 1.73 bits per heavy atom. The van der Waals surface area contributed by atoms with Crippen molar-refractivity contribution in [2.45, 2.75) is 43.6 Å². The van der Waals surface area contributed by atoms with Gasteiger partial charge in [0.1, 0.15) is 0 Å². The average molecular weight is 236 g/mol. The molecule has 1 aliphatic carbocycles. The number of ether oxygens (including phenoxy) is 1. The van der Waals surface area contributed by atoms with Crippen molar-refractivity contribution in [3.8, 4) is 0 Å². The SMILES string of the molecule is CCCOC1(F)CC(F)(F)C(F)(F)C1F. The van der Waals surface area contributed by atoms with Crippen molar-refractivity contribution in [1.82, 2.24) is 0 Å². The van der Waals surface area contributed by atoms with Gasteiger partial charge in [0.2, 0.25) is 6.17 Å². The summed E-state index contributed by atoms with van der Waals surface area (Å²) < 4.78 is 80.6. The molecule has 1 rings (SSSR count). The summed E-state index contributed by atoms with van der Waals surface area (Å²) in [5.41, 5.74) is 0. The fourth-order valence-corrected chi connectivity index (χ4v) is 1.36. The molecule has 1 nitrogen and oxygen atoms in total. The third kappa shape index (κ3) is 1.81. The van der Waals surface area contributed by atoms with Crippen LogP contribution in [0.3, 0.4) is 0 Å². The number of hydrogen-bond acceptors (Lipinski definition) is 1. The Morgan fingerprint density at radius 3 is 2.07 bits per heavy atom. The summed E-state index contributed by atoms with van der Waals surface area (Å²) in [7, 11) is 0. The Kier molecular flexibility index (Phi) is 2.97. The highest BCUT2D eigenvalue weighted by atomic mass is 19.3. The number of rotatable bonds is 3. The quantitative estimate of drug-likeness (QED) is 0.684. The molecule has 0 amide bonds. The zero-order valence-corrected chi connectivity index (χ0v) is 7.87. The van der Waals surface area contributed by atoms with Gasteiger partial charge in [-0.3, -0.25) is 0 Å². The van der Waals surface area contributed by atoms with Crippen LogP contribution in [0.2, 0.25) is 0 Å². The molecule has 0 saturated heterocycles. The molecule has 0 radical (unpaired) electrons. The van der Waals surface area contributed by atoms with Crippen molar-refractivity contribution in [3.05, 3.63) is 0 Å². The van der Waals surface area contributed by atoms with E-state index < -0.39 is 30.3 Å². The van der Waals surface area contributed by atoms with E-state index >= 15 is 0 Å². The second-order valence-electron chi connectivity index (χ2n) is 3.50. The Balaban J connectivity index is 2.88. The lowest BCUT2D eigenvalue weighted by atomic mass is 10.2. The van der Waals surface area contributed by atoms with Gasteiger partial charge in [0.15, 0.2) is 0 Å². The van der Waals surface area contributed by atoms with E-state index in [2.05, 4.69) is 4.74 Å². The molecule has 90 valence electrons. The van der Waals surface area contributed by atoms with Crippen LogP contribution in [0.15, 0.2) is 0 Å². The van der Waals surface area contributed by atoms with Gasteiger partial charge >= 0.3 is 11.8 Å². The molecule has 2 atom stereocenters. The van der Waals surface area contributed by atoms with E-state index in [0.29, 0.717) is 0 Å². The molecule has 7 heteroatoms. The van der Waals surface area contributed by atoms with Crippen LogP contribution in [0.1, 0.15) is 19.8 Å². The minimum absolute atomic E-state index is 0.218. The van der Waals surface area contributed by atoms with Crippen LogP contribution in [0.5, 0.6) is 0 Å². The van der Waals surface area contributed by atoms with Crippen LogP contribution in [0.25, 0.3) is 0 Å². The summed E-state index contributed by atoms with van der Waals surface area (Å²) in [6.45, 7) is 1.13. The second kappa shape index (κ2) is 3.54. The number of halogens is 6. The minimum Gasteiger partial charge on any atom is -0.343 e. The van der Waals surface area contributed by atoms with Crippen molar-refractivity contribution in [3.63, 3.8) is 0 Å². The molecule has 2 unspecified atom stereocenters. The van der Waals surface area contributed by atoms with Gasteiger partial charge in [-0.1, -0.05) is 6.92 Å². The zero-order valence-electron chi connectivity index (χ0n) is 7.87. The van der Waals surface area contributed by atoms with Gasteiger partial charge in [-0.25, -0.2) is 8.78 Å². The molecule has 0 aliphatic heterocycles. The molecule has 0 spiro atoms. The number of alkyl halides is 6. The number of hydrogen-bond donors (Lipinski definition) is 0. The lowest BCUT2D eigenvalue weighted by Crippen LogP contribution is -2.44. The normalized spacial score (nSPS) is 38.2. The van der Waals surface area contributed by atoms with E-state index in [1.807, 2.05) is 0 Å². The summed E-state index contributed by atoms with van der Waals surface area (Å²) in [6.07, 6.45) is -5.37. The van der Waals surface area contributed by atoms with Gasteiger partial charge in [-0.2, -0.15) is 17.6 Å². The van der Waals surface area contributed by atoms with Crippen LogP contribution < -0.4 is 0 Å². The molecule has 0 N–H and O–H groups in total. The second-order valence-corrected chi connectivity index (χ2v) is 3.50. The maximum Gasteiger partial charge on any atom is 0.346 e. The summed E-state index contributed by atoms with van der Waals surface area (Å²) >= 11 is 0. The highest BCUT2D eigenvalue weighted by Gasteiger charge is 2.78. The first-order valence-electron chi connectivity index (χ1n) is 4.40. The van der Waals surface area contributed by atoms with Crippen LogP contribution in [-0.4, -0.2) is 30.5 Å². The molecule has 0 bridgehead atoms. The van der Waals surface area contributed by atoms with Gasteiger partial charge in [0, 0.05) is 0 Å². The summed E-state index contributed by atoms with van der Waals surface area (Å²) in [6, 6.07) is 0. The molecule has 0 heterocycles. The summed E-state index contributed by atoms with van der Waals surface area (Å²) in [5.74, 6) is -13.3. The Bertz CT molecular complexity index is 243. The van der Waals surface area contributed by atoms with Gasteiger partial charge in [0.25, 0.3) is 5.85 Å². The molecular formula is C8H10F6O. The lowest BCUT2D eigenvalue weighted by Gasteiger charge is -2.22. The predicted molar refractivity (Wildman–Crippen MR) is 39.5 cm³/mol. The van der Waals surface area contributed by atoms with Crippen LogP contribution in [0, 0.1) is 0 Å². The molecule has 1 saturated carbocycles. The highest BCUT2D eigenvalue weighted by molar-refractivity contribution is 5.08. The first-order valence-corrected chi connectivity index (χ1v) is 4.40. The molecule has 0 aromatic rings. The van der Waals surface area contributed by atoms with Crippen LogP contribution in [0.4, 0.5) is 26.3 Å². The van der Waals surface area contributed by atoms with E-state index in [1.54, 1.807) is 0 Å². The van der Waals surface area contributed by atoms with E-state index in [9.17, 15) is 26.3 Å². The third-order valence-corrected chi connectivity index (χ3v) is 2.19. The van der Waals surface area contributed by atoms with Crippen LogP contribution in [-0.2, 0) is 4.74 Å². The van der Waals surface area contributed by atoms with Crippen molar-refractivity contribution in [2.75, 3.05) is 6.61 Å². The molecule has 0 aromatic heterocycles. The first-order chi connectivity index (χ1) is 6.67. The Morgan fingerprint density at radius 1 is 1.20 bits per heavy atom. The third-order valence-electron chi connectivity index (χ3n) is 2.19. The van der Waals surface area contributed by atoms with Crippen LogP contribution >= 0.6 is 0 Å². The highest BCUT2D eigenvalue weighted by Crippen LogP contribution is 2.55. The van der Waals surface area contributed by atoms with Crippen molar-refractivity contribution < 1.29 is 31.1 Å². The first kappa shape index (κ1) is 12.6. The largest absolute Gasteiger partial charge is 0.346 e. The molecular weight excluding hydrogens is 226 g/mol. The fraction of sp³-hybridized carbons (Fsp3) is 1.00.